The highest BCUT2D eigenvalue weighted by Gasteiger charge is 2.26. The van der Waals surface area contributed by atoms with Crippen LogP contribution in [0.5, 0.6) is 0 Å². The molecule has 0 radical (unpaired) electrons. The van der Waals surface area contributed by atoms with Crippen LogP contribution in [0.25, 0.3) is 0 Å². The van der Waals surface area contributed by atoms with Crippen LogP contribution in [0.2, 0.25) is 0 Å². The first-order chi connectivity index (χ1) is 9.22. The van der Waals surface area contributed by atoms with Crippen molar-refractivity contribution in [2.75, 3.05) is 0 Å². The molecule has 1 aliphatic heterocycles. The molecule has 0 aromatic rings. The minimum atomic E-state index is -0.149. The number of nitrogens with zero attached hydrogens (tertiary/aromatic N) is 1. The highest BCUT2D eigenvalue weighted by atomic mass is 16.2. The van der Waals surface area contributed by atoms with E-state index in [0.29, 0.717) is 17.9 Å². The van der Waals surface area contributed by atoms with Gasteiger partial charge < -0.3 is 11.1 Å². The van der Waals surface area contributed by atoms with E-state index in [1.165, 1.54) is 0 Å². The Balaban J connectivity index is 1.77. The fourth-order valence-electron chi connectivity index (χ4n) is 2.83. The molecule has 100 valence electrons. The molecule has 1 fully saturated rings. The highest BCUT2D eigenvalue weighted by Crippen LogP contribution is 2.24. The second-order valence-electron chi connectivity index (χ2n) is 5.44. The zero-order valence-corrected chi connectivity index (χ0v) is 10.9. The van der Waals surface area contributed by atoms with Crippen molar-refractivity contribution in [2.45, 2.75) is 37.8 Å². The number of hydrogen-bond donors (Lipinski definition) is 2. The predicted octanol–water partition coefficient (Wildman–Crippen LogP) is 1.45. The van der Waals surface area contributed by atoms with Gasteiger partial charge in [-0.25, -0.2) is 0 Å². The molecule has 1 saturated carbocycles. The van der Waals surface area contributed by atoms with Crippen LogP contribution in [0.1, 0.15) is 25.7 Å². The molecule has 3 N–H and O–H groups in total. The molecule has 4 nitrogen and oxygen atoms in total. The Morgan fingerprint density at radius 3 is 2.79 bits per heavy atom. The number of carbonyl (C=O) groups excluding carboxylic acids is 1. The SMILES string of the molecule is NC1CCC(N=C2C=C3C=CC=CC3C(=O)N2)CC1. The van der Waals surface area contributed by atoms with E-state index in [1.54, 1.807) is 0 Å². The van der Waals surface area contributed by atoms with Crippen molar-refractivity contribution in [3.63, 3.8) is 0 Å². The number of rotatable bonds is 1. The topological polar surface area (TPSA) is 67.5 Å². The average Bonchev–Trinajstić information content (AvgIpc) is 2.42. The van der Waals surface area contributed by atoms with Gasteiger partial charge in [-0.05, 0) is 37.3 Å². The first-order valence-electron chi connectivity index (χ1n) is 6.93. The molecule has 1 unspecified atom stereocenters. The Morgan fingerprint density at radius 1 is 1.21 bits per heavy atom. The van der Waals surface area contributed by atoms with Crippen molar-refractivity contribution in [1.82, 2.24) is 5.32 Å². The van der Waals surface area contributed by atoms with E-state index >= 15 is 0 Å². The largest absolute Gasteiger partial charge is 0.328 e. The maximum atomic E-state index is 12.0. The van der Waals surface area contributed by atoms with Crippen LogP contribution in [0.3, 0.4) is 0 Å². The lowest BCUT2D eigenvalue weighted by molar-refractivity contribution is -0.121. The lowest BCUT2D eigenvalue weighted by Crippen LogP contribution is -2.40. The van der Waals surface area contributed by atoms with E-state index < -0.39 is 0 Å². The van der Waals surface area contributed by atoms with Gasteiger partial charge in [0.25, 0.3) is 0 Å². The van der Waals surface area contributed by atoms with E-state index in [9.17, 15) is 4.79 Å². The first kappa shape index (κ1) is 12.4. The maximum absolute atomic E-state index is 12.0. The van der Waals surface area contributed by atoms with Crippen LogP contribution < -0.4 is 11.1 Å². The minimum Gasteiger partial charge on any atom is -0.328 e. The van der Waals surface area contributed by atoms with Crippen molar-refractivity contribution in [1.29, 1.82) is 0 Å². The number of hydrogen-bond acceptors (Lipinski definition) is 3. The molecule has 3 aliphatic rings. The number of nitrogens with one attached hydrogen (secondary N) is 1. The van der Waals surface area contributed by atoms with Crippen molar-refractivity contribution in [2.24, 2.45) is 16.6 Å². The second kappa shape index (κ2) is 5.13. The molecule has 3 rings (SSSR count). The third kappa shape index (κ3) is 2.68. The molecule has 19 heavy (non-hydrogen) atoms. The number of amidine groups is 1. The zero-order valence-electron chi connectivity index (χ0n) is 10.9. The van der Waals surface area contributed by atoms with Gasteiger partial charge in [0.2, 0.25) is 5.91 Å². The number of allylic oxidation sites excluding steroid dienone is 3. The van der Waals surface area contributed by atoms with Gasteiger partial charge in [0.05, 0.1) is 12.0 Å². The van der Waals surface area contributed by atoms with Crippen molar-refractivity contribution < 1.29 is 4.79 Å². The molecule has 4 heteroatoms. The molecule has 0 bridgehead atoms. The Bertz CT molecular complexity index is 494. The van der Waals surface area contributed by atoms with Gasteiger partial charge in [0.1, 0.15) is 5.84 Å². The Morgan fingerprint density at radius 2 is 2.00 bits per heavy atom. The lowest BCUT2D eigenvalue weighted by atomic mass is 9.90. The monoisotopic (exact) mass is 257 g/mol. The Labute approximate surface area is 113 Å². The lowest BCUT2D eigenvalue weighted by Gasteiger charge is -2.26. The van der Waals surface area contributed by atoms with Gasteiger partial charge in [-0.1, -0.05) is 24.3 Å². The smallest absolute Gasteiger partial charge is 0.236 e. The quantitative estimate of drug-likeness (QED) is 0.746. The zero-order chi connectivity index (χ0) is 13.2. The average molecular weight is 257 g/mol. The Kier molecular flexibility index (Phi) is 3.34. The molecular weight excluding hydrogens is 238 g/mol. The van der Waals surface area contributed by atoms with Gasteiger partial charge in [-0.3, -0.25) is 9.79 Å². The predicted molar refractivity (Wildman–Crippen MR) is 75.7 cm³/mol. The van der Waals surface area contributed by atoms with E-state index in [4.69, 9.17) is 5.73 Å². The summed E-state index contributed by atoms with van der Waals surface area (Å²) in [5.41, 5.74) is 6.92. The van der Waals surface area contributed by atoms with Crippen LogP contribution in [0.4, 0.5) is 0 Å². The number of amides is 1. The standard InChI is InChI=1S/C15H19N3O/c16-11-5-7-12(8-6-11)17-14-9-10-3-1-2-4-13(10)15(19)18-14/h1-4,9,11-13H,5-8,16H2,(H,17,18,19). The van der Waals surface area contributed by atoms with Gasteiger partial charge in [-0.2, -0.15) is 0 Å². The van der Waals surface area contributed by atoms with Gasteiger partial charge in [0, 0.05) is 6.04 Å². The summed E-state index contributed by atoms with van der Waals surface area (Å²) in [5.74, 6) is 0.574. The van der Waals surface area contributed by atoms with Crippen LogP contribution in [-0.4, -0.2) is 23.8 Å². The molecule has 0 aromatic carbocycles. The molecule has 1 amide bonds. The highest BCUT2D eigenvalue weighted by molar-refractivity contribution is 6.10. The summed E-state index contributed by atoms with van der Waals surface area (Å²) in [6, 6.07) is 0.623. The van der Waals surface area contributed by atoms with E-state index in [0.717, 1.165) is 31.3 Å². The van der Waals surface area contributed by atoms with Crippen LogP contribution in [0.15, 0.2) is 40.9 Å². The van der Waals surface area contributed by atoms with Crippen LogP contribution >= 0.6 is 0 Å². The van der Waals surface area contributed by atoms with E-state index in [2.05, 4.69) is 10.3 Å². The third-order valence-corrected chi connectivity index (χ3v) is 3.96. The molecule has 0 aromatic heterocycles. The summed E-state index contributed by atoms with van der Waals surface area (Å²) in [7, 11) is 0. The summed E-state index contributed by atoms with van der Waals surface area (Å²) >= 11 is 0. The number of carbonyl (C=O) groups is 1. The van der Waals surface area contributed by atoms with Gasteiger partial charge >= 0.3 is 0 Å². The molecule has 2 aliphatic carbocycles. The van der Waals surface area contributed by atoms with E-state index in [1.807, 2.05) is 30.4 Å². The van der Waals surface area contributed by atoms with Gasteiger partial charge in [-0.15, -0.1) is 0 Å². The second-order valence-corrected chi connectivity index (χ2v) is 5.44. The summed E-state index contributed by atoms with van der Waals surface area (Å²) in [5, 5.41) is 2.89. The summed E-state index contributed by atoms with van der Waals surface area (Å²) in [4.78, 5) is 16.7. The fraction of sp³-hybridized carbons (Fsp3) is 0.467. The summed E-state index contributed by atoms with van der Waals surface area (Å²) in [6.45, 7) is 0. The normalized spacial score (nSPS) is 35.8. The van der Waals surface area contributed by atoms with E-state index in [-0.39, 0.29) is 11.8 Å². The Hall–Kier alpha value is -1.68. The molecule has 1 atom stereocenters. The van der Waals surface area contributed by atoms with Crippen molar-refractivity contribution in [3.05, 3.63) is 36.0 Å². The number of nitrogens with two attached hydrogens (primary N) is 1. The van der Waals surface area contributed by atoms with Crippen LogP contribution in [0, 0.1) is 5.92 Å². The molecule has 0 spiro atoms. The number of aliphatic imine (C=N–C) groups is 1. The first-order valence-corrected chi connectivity index (χ1v) is 6.93. The summed E-state index contributed by atoms with van der Waals surface area (Å²) in [6.07, 6.45) is 13.8. The number of fused-ring (bicyclic) bond motifs is 1. The minimum absolute atomic E-state index is 0.0179. The van der Waals surface area contributed by atoms with Crippen molar-refractivity contribution >= 4 is 11.7 Å². The van der Waals surface area contributed by atoms with Crippen LogP contribution in [-0.2, 0) is 4.79 Å². The van der Waals surface area contributed by atoms with Gasteiger partial charge in [0.15, 0.2) is 0 Å². The van der Waals surface area contributed by atoms with Crippen molar-refractivity contribution in [3.8, 4) is 0 Å². The molecule has 1 heterocycles. The maximum Gasteiger partial charge on any atom is 0.236 e. The fourth-order valence-corrected chi connectivity index (χ4v) is 2.83. The third-order valence-electron chi connectivity index (χ3n) is 3.96. The molecular formula is C15H19N3O. The molecule has 0 saturated heterocycles. The summed E-state index contributed by atoms with van der Waals surface area (Å²) < 4.78 is 0.